The third-order valence-electron chi connectivity index (χ3n) is 15.3. The number of ether oxygens (including phenoxy) is 2. The highest BCUT2D eigenvalue weighted by Gasteiger charge is 2.23. The van der Waals surface area contributed by atoms with Crippen molar-refractivity contribution in [2.75, 3.05) is 39.4 Å². The van der Waals surface area contributed by atoms with Crippen molar-refractivity contribution in [2.24, 2.45) is 17.8 Å². The Bertz CT molecular complexity index is 1060. The van der Waals surface area contributed by atoms with Gasteiger partial charge < -0.3 is 19.3 Å². The number of unbranched alkanes of at least 4 members (excludes halogenated alkanes) is 21. The summed E-state index contributed by atoms with van der Waals surface area (Å²) in [7, 11) is 0. The van der Waals surface area contributed by atoms with Crippen molar-refractivity contribution in [3.05, 3.63) is 0 Å². The second-order valence-corrected chi connectivity index (χ2v) is 21.9. The molecule has 2 unspecified atom stereocenters. The number of hydrogen-bond acceptors (Lipinski definition) is 6. The molecular formula is C62H122N2O5. The number of carbonyl (C=O) groups excluding carboxylic acids is 3. The number of hydrogen-bond donors (Lipinski definition) is 0. The van der Waals surface area contributed by atoms with Crippen LogP contribution in [0.25, 0.3) is 0 Å². The molecule has 0 rings (SSSR count). The molecule has 0 aliphatic heterocycles. The summed E-state index contributed by atoms with van der Waals surface area (Å²) in [5.41, 5.74) is 0. The zero-order valence-electron chi connectivity index (χ0n) is 48.0. The van der Waals surface area contributed by atoms with Crippen LogP contribution in [0.5, 0.6) is 0 Å². The maximum atomic E-state index is 14.2. The highest BCUT2D eigenvalue weighted by Crippen LogP contribution is 2.24. The summed E-state index contributed by atoms with van der Waals surface area (Å²) in [4.78, 5) is 44.4. The standard InChI is InChI=1S/C62H122N2O5/c1-9-16-21-32-45-57(43-19-12-4)54-68-61(66)50-36-29-25-23-27-34-47-59(64(53-40-52-63(14-6)15-7)60(65)49-39-38-42-56(8)41-31-18-11-3)48-35-28-24-26-30-37-51-62(67)69-55-58(44-20-13-5)46-33-22-17-10-2/h56-59H,9-55H2,1-8H3/t56-,57?,58?,59?/m0/s1. The van der Waals surface area contributed by atoms with Crippen LogP contribution in [0.4, 0.5) is 0 Å². The largest absolute Gasteiger partial charge is 0.465 e. The van der Waals surface area contributed by atoms with Crippen LogP contribution < -0.4 is 0 Å². The number of esters is 2. The van der Waals surface area contributed by atoms with Crippen LogP contribution >= 0.6 is 0 Å². The Balaban J connectivity index is 5.23. The molecule has 69 heavy (non-hydrogen) atoms. The molecular weight excluding hydrogens is 853 g/mol. The number of nitrogens with zero attached hydrogens (tertiary/aromatic N) is 2. The van der Waals surface area contributed by atoms with Crippen molar-refractivity contribution < 1.29 is 23.9 Å². The van der Waals surface area contributed by atoms with Gasteiger partial charge in [-0.15, -0.1) is 0 Å². The number of rotatable bonds is 54. The molecule has 0 saturated heterocycles. The lowest BCUT2D eigenvalue weighted by molar-refractivity contribution is -0.146. The van der Waals surface area contributed by atoms with Gasteiger partial charge in [0.2, 0.25) is 5.91 Å². The molecule has 0 fully saturated rings. The average molecular weight is 976 g/mol. The zero-order valence-corrected chi connectivity index (χ0v) is 48.0. The van der Waals surface area contributed by atoms with E-state index in [9.17, 15) is 14.4 Å². The molecule has 0 radical (unpaired) electrons. The van der Waals surface area contributed by atoms with Crippen LogP contribution in [0, 0.1) is 17.8 Å². The molecule has 0 aliphatic carbocycles. The van der Waals surface area contributed by atoms with E-state index >= 15 is 0 Å². The summed E-state index contributed by atoms with van der Waals surface area (Å²) in [6, 6.07) is 0.312. The van der Waals surface area contributed by atoms with Crippen LogP contribution in [-0.2, 0) is 23.9 Å². The fourth-order valence-corrected chi connectivity index (χ4v) is 10.4. The third-order valence-corrected chi connectivity index (χ3v) is 15.3. The molecule has 0 heterocycles. The van der Waals surface area contributed by atoms with E-state index in [1.807, 2.05) is 0 Å². The first-order valence-electron chi connectivity index (χ1n) is 31.0. The predicted octanol–water partition coefficient (Wildman–Crippen LogP) is 18.6. The summed E-state index contributed by atoms with van der Waals surface area (Å²) >= 11 is 0. The van der Waals surface area contributed by atoms with Crippen LogP contribution in [-0.4, -0.2) is 73.1 Å². The lowest BCUT2D eigenvalue weighted by atomic mass is 9.96. The van der Waals surface area contributed by atoms with Crippen molar-refractivity contribution in [1.29, 1.82) is 0 Å². The van der Waals surface area contributed by atoms with Gasteiger partial charge in [0.15, 0.2) is 0 Å². The van der Waals surface area contributed by atoms with Gasteiger partial charge >= 0.3 is 11.9 Å². The minimum atomic E-state index is -0.00491. The van der Waals surface area contributed by atoms with E-state index in [4.69, 9.17) is 9.47 Å². The second kappa shape index (κ2) is 51.3. The lowest BCUT2D eigenvalue weighted by Gasteiger charge is -2.33. The fraction of sp³-hybridized carbons (Fsp3) is 0.952. The topological polar surface area (TPSA) is 76.2 Å². The summed E-state index contributed by atoms with van der Waals surface area (Å²) in [5.74, 6) is 2.17. The van der Waals surface area contributed by atoms with Gasteiger partial charge in [0.25, 0.3) is 0 Å². The Kier molecular flexibility index (Phi) is 50.1. The second-order valence-electron chi connectivity index (χ2n) is 21.9. The summed E-state index contributed by atoms with van der Waals surface area (Å²) < 4.78 is 11.6. The van der Waals surface area contributed by atoms with Crippen LogP contribution in [0.1, 0.15) is 319 Å². The highest BCUT2D eigenvalue weighted by molar-refractivity contribution is 5.76. The first-order valence-corrected chi connectivity index (χ1v) is 31.0. The van der Waals surface area contributed by atoms with Gasteiger partial charge in [0, 0.05) is 31.8 Å². The monoisotopic (exact) mass is 975 g/mol. The Morgan fingerprint density at radius 2 is 0.710 bits per heavy atom. The Morgan fingerprint density at radius 1 is 0.362 bits per heavy atom. The summed E-state index contributed by atoms with van der Waals surface area (Å²) in [5, 5.41) is 0. The quantitative estimate of drug-likeness (QED) is 0.0446. The van der Waals surface area contributed by atoms with E-state index in [-0.39, 0.29) is 11.9 Å². The molecule has 0 spiro atoms. The molecule has 410 valence electrons. The fourth-order valence-electron chi connectivity index (χ4n) is 10.4. The predicted molar refractivity (Wildman–Crippen MR) is 299 cm³/mol. The molecule has 0 bridgehead atoms. The van der Waals surface area contributed by atoms with Crippen LogP contribution in [0.2, 0.25) is 0 Å². The molecule has 0 aromatic rings. The van der Waals surface area contributed by atoms with Crippen molar-refractivity contribution in [3.8, 4) is 0 Å². The van der Waals surface area contributed by atoms with E-state index < -0.39 is 0 Å². The third kappa shape index (κ3) is 42.6. The van der Waals surface area contributed by atoms with Crippen molar-refractivity contribution >= 4 is 17.8 Å². The van der Waals surface area contributed by atoms with E-state index in [0.29, 0.717) is 56.3 Å². The van der Waals surface area contributed by atoms with E-state index in [2.05, 4.69) is 65.2 Å². The van der Waals surface area contributed by atoms with Gasteiger partial charge in [-0.1, -0.05) is 235 Å². The minimum absolute atomic E-state index is 0.00491. The summed E-state index contributed by atoms with van der Waals surface area (Å²) in [6.07, 6.45) is 46.9. The van der Waals surface area contributed by atoms with Gasteiger partial charge in [-0.2, -0.15) is 0 Å². The molecule has 7 heteroatoms. The molecule has 0 aromatic carbocycles. The molecule has 3 atom stereocenters. The Labute approximate surface area is 431 Å². The molecule has 0 aliphatic rings. The Morgan fingerprint density at radius 3 is 1.16 bits per heavy atom. The maximum absolute atomic E-state index is 14.2. The van der Waals surface area contributed by atoms with Gasteiger partial charge in [-0.05, 0) is 102 Å². The lowest BCUT2D eigenvalue weighted by Crippen LogP contribution is -2.42. The highest BCUT2D eigenvalue weighted by atomic mass is 16.5. The molecule has 1 amide bonds. The van der Waals surface area contributed by atoms with Gasteiger partial charge in [0.1, 0.15) is 0 Å². The number of amides is 1. The molecule has 0 saturated carbocycles. The first kappa shape index (κ1) is 67.4. The van der Waals surface area contributed by atoms with E-state index in [1.165, 1.54) is 161 Å². The van der Waals surface area contributed by atoms with Crippen molar-refractivity contribution in [2.45, 2.75) is 325 Å². The normalized spacial score (nSPS) is 13.4. The maximum Gasteiger partial charge on any atom is 0.305 e. The van der Waals surface area contributed by atoms with Gasteiger partial charge in [0.05, 0.1) is 13.2 Å². The smallest absolute Gasteiger partial charge is 0.305 e. The minimum Gasteiger partial charge on any atom is -0.465 e. The van der Waals surface area contributed by atoms with Crippen molar-refractivity contribution in [3.63, 3.8) is 0 Å². The van der Waals surface area contributed by atoms with Gasteiger partial charge in [-0.3, -0.25) is 14.4 Å². The SMILES string of the molecule is CCCCCCC(CCCC)COC(=O)CCCCCCCCC(CCCCCCCCC(=O)OCC(CCCC)CCCCCC)N(CCCN(CC)CC)C(=O)CCCC[C@@H](C)CCCCC. The molecule has 0 N–H and O–H groups in total. The van der Waals surface area contributed by atoms with E-state index in [1.54, 1.807) is 0 Å². The zero-order chi connectivity index (χ0) is 50.8. The van der Waals surface area contributed by atoms with E-state index in [0.717, 1.165) is 116 Å². The Hall–Kier alpha value is -1.63. The number of carbonyl (C=O) groups is 3. The average Bonchev–Trinajstić information content (AvgIpc) is 3.35. The van der Waals surface area contributed by atoms with Crippen molar-refractivity contribution in [1.82, 2.24) is 9.80 Å². The summed E-state index contributed by atoms with van der Waals surface area (Å²) in [6.45, 7) is 23.4. The molecule has 7 nitrogen and oxygen atoms in total. The van der Waals surface area contributed by atoms with Gasteiger partial charge in [-0.25, -0.2) is 0 Å². The first-order chi connectivity index (χ1) is 33.7. The van der Waals surface area contributed by atoms with Crippen LogP contribution in [0.3, 0.4) is 0 Å². The molecule has 0 aromatic heterocycles. The van der Waals surface area contributed by atoms with Crippen LogP contribution in [0.15, 0.2) is 0 Å².